The Morgan fingerprint density at radius 3 is 2.79 bits per heavy atom. The molecule has 0 aromatic heterocycles. The van der Waals surface area contributed by atoms with Gasteiger partial charge >= 0.3 is 0 Å². The van der Waals surface area contributed by atoms with Crippen LogP contribution in [-0.4, -0.2) is 33.9 Å². The van der Waals surface area contributed by atoms with Crippen molar-refractivity contribution >= 4 is 0 Å². The third-order valence-electron chi connectivity index (χ3n) is 1.74. The summed E-state index contributed by atoms with van der Waals surface area (Å²) < 4.78 is 20.3. The first-order chi connectivity index (χ1) is 6.86. The summed E-state index contributed by atoms with van der Waals surface area (Å²) in [6, 6.07) is 0. The molecule has 0 aromatic rings. The van der Waals surface area contributed by atoms with Crippen LogP contribution in [0.4, 0.5) is 0 Å². The van der Waals surface area contributed by atoms with E-state index in [4.69, 9.17) is 18.9 Å². The van der Waals surface area contributed by atoms with Gasteiger partial charge in [-0.2, -0.15) is 0 Å². The van der Waals surface area contributed by atoms with Crippen LogP contribution in [0.3, 0.4) is 0 Å². The Morgan fingerprint density at radius 2 is 2.07 bits per heavy atom. The molecule has 80 valence electrons. The molecule has 1 aliphatic carbocycles. The standard InChI is InChI=1S/C10H16O4/c1-11-7-13-9-4-3-5-10(6-9)14-8-12-2/h3-4,6,10H,5,7-8H2,1-2H3/t10-/m1/s1. The normalized spacial score (nSPS) is 20.7. The van der Waals surface area contributed by atoms with Crippen molar-refractivity contribution in [3.05, 3.63) is 24.0 Å². The summed E-state index contributed by atoms with van der Waals surface area (Å²) in [5, 5.41) is 0. The van der Waals surface area contributed by atoms with Crippen LogP contribution in [0.25, 0.3) is 0 Å². The number of rotatable bonds is 6. The fourth-order valence-corrected chi connectivity index (χ4v) is 1.12. The van der Waals surface area contributed by atoms with Crippen LogP contribution in [-0.2, 0) is 18.9 Å². The number of methoxy groups -OCH3 is 2. The fraction of sp³-hybridized carbons (Fsp3) is 0.600. The van der Waals surface area contributed by atoms with Crippen molar-refractivity contribution in [1.29, 1.82) is 0 Å². The van der Waals surface area contributed by atoms with Crippen molar-refractivity contribution < 1.29 is 18.9 Å². The maximum absolute atomic E-state index is 5.37. The molecular formula is C10H16O4. The molecule has 0 fully saturated rings. The molecule has 0 bridgehead atoms. The van der Waals surface area contributed by atoms with Gasteiger partial charge < -0.3 is 18.9 Å². The molecule has 4 heteroatoms. The molecule has 1 aliphatic rings. The van der Waals surface area contributed by atoms with Gasteiger partial charge in [0, 0.05) is 14.2 Å². The van der Waals surface area contributed by atoms with E-state index in [0.29, 0.717) is 6.79 Å². The molecule has 4 nitrogen and oxygen atoms in total. The van der Waals surface area contributed by atoms with Crippen molar-refractivity contribution in [1.82, 2.24) is 0 Å². The van der Waals surface area contributed by atoms with Crippen LogP contribution in [0, 0.1) is 0 Å². The maximum atomic E-state index is 5.37. The minimum absolute atomic E-state index is 0.0341. The van der Waals surface area contributed by atoms with Crippen molar-refractivity contribution in [3.63, 3.8) is 0 Å². The second-order valence-corrected chi connectivity index (χ2v) is 2.87. The zero-order valence-electron chi connectivity index (χ0n) is 8.56. The SMILES string of the molecule is COCOC1=C[C@H](OCOC)CC=C1. The van der Waals surface area contributed by atoms with Gasteiger partial charge in [0.1, 0.15) is 12.6 Å². The molecule has 0 unspecified atom stereocenters. The molecule has 1 rings (SSSR count). The minimum atomic E-state index is 0.0341. The van der Waals surface area contributed by atoms with Crippen LogP contribution in [0.5, 0.6) is 0 Å². The minimum Gasteiger partial charge on any atom is -0.468 e. The van der Waals surface area contributed by atoms with Crippen LogP contribution in [0.2, 0.25) is 0 Å². The molecule has 0 spiro atoms. The third kappa shape index (κ3) is 3.91. The van der Waals surface area contributed by atoms with Gasteiger partial charge in [0.15, 0.2) is 6.79 Å². The number of ether oxygens (including phenoxy) is 4. The molecule has 0 aromatic carbocycles. The zero-order valence-corrected chi connectivity index (χ0v) is 8.56. The molecule has 0 radical (unpaired) electrons. The monoisotopic (exact) mass is 200 g/mol. The molecule has 0 amide bonds. The topological polar surface area (TPSA) is 36.9 Å². The molecular weight excluding hydrogens is 184 g/mol. The highest BCUT2D eigenvalue weighted by Gasteiger charge is 2.10. The van der Waals surface area contributed by atoms with E-state index in [0.717, 1.165) is 12.2 Å². The lowest BCUT2D eigenvalue weighted by Crippen LogP contribution is -2.14. The summed E-state index contributed by atoms with van der Waals surface area (Å²) in [5.74, 6) is 0.777. The van der Waals surface area contributed by atoms with Crippen molar-refractivity contribution in [3.8, 4) is 0 Å². The lowest BCUT2D eigenvalue weighted by atomic mass is 10.1. The van der Waals surface area contributed by atoms with Crippen LogP contribution in [0.15, 0.2) is 24.0 Å². The molecule has 14 heavy (non-hydrogen) atoms. The van der Waals surface area contributed by atoms with E-state index < -0.39 is 0 Å². The molecule has 0 saturated heterocycles. The Labute approximate surface area is 84.1 Å². The maximum Gasteiger partial charge on any atom is 0.188 e. The van der Waals surface area contributed by atoms with Gasteiger partial charge in [0.25, 0.3) is 0 Å². The Bertz CT molecular complexity index is 210. The average molecular weight is 200 g/mol. The van der Waals surface area contributed by atoms with E-state index in [9.17, 15) is 0 Å². The molecule has 1 atom stereocenters. The van der Waals surface area contributed by atoms with Crippen LogP contribution < -0.4 is 0 Å². The fourth-order valence-electron chi connectivity index (χ4n) is 1.12. The van der Waals surface area contributed by atoms with E-state index in [-0.39, 0.29) is 12.9 Å². The first-order valence-corrected chi connectivity index (χ1v) is 4.47. The van der Waals surface area contributed by atoms with Gasteiger partial charge in [0.2, 0.25) is 0 Å². The average Bonchev–Trinajstić information content (AvgIpc) is 2.24. The van der Waals surface area contributed by atoms with Gasteiger partial charge in [-0.25, -0.2) is 0 Å². The highest BCUT2D eigenvalue weighted by Crippen LogP contribution is 2.14. The lowest BCUT2D eigenvalue weighted by Gasteiger charge is -2.17. The smallest absolute Gasteiger partial charge is 0.188 e. The van der Waals surface area contributed by atoms with E-state index >= 15 is 0 Å². The highest BCUT2D eigenvalue weighted by atomic mass is 16.7. The first-order valence-electron chi connectivity index (χ1n) is 4.47. The molecule has 0 aliphatic heterocycles. The van der Waals surface area contributed by atoms with Gasteiger partial charge in [0.05, 0.1) is 6.10 Å². The summed E-state index contributed by atoms with van der Waals surface area (Å²) in [7, 11) is 3.19. The largest absolute Gasteiger partial charge is 0.468 e. The Kier molecular flexibility index (Phi) is 5.29. The second kappa shape index (κ2) is 6.59. The molecule has 0 heterocycles. The predicted octanol–water partition coefficient (Wildman–Crippen LogP) is 1.44. The van der Waals surface area contributed by atoms with Gasteiger partial charge in [-0.15, -0.1) is 0 Å². The van der Waals surface area contributed by atoms with E-state index in [1.807, 2.05) is 18.2 Å². The summed E-state index contributed by atoms with van der Waals surface area (Å²) in [6.07, 6.45) is 6.71. The van der Waals surface area contributed by atoms with Gasteiger partial charge in [-0.05, 0) is 18.6 Å². The Morgan fingerprint density at radius 1 is 1.29 bits per heavy atom. The van der Waals surface area contributed by atoms with E-state index in [1.54, 1.807) is 14.2 Å². The lowest BCUT2D eigenvalue weighted by molar-refractivity contribution is -0.0571. The Balaban J connectivity index is 2.33. The molecule has 0 saturated carbocycles. The second-order valence-electron chi connectivity index (χ2n) is 2.87. The summed E-state index contributed by atoms with van der Waals surface area (Å²) in [5.41, 5.74) is 0. The van der Waals surface area contributed by atoms with Gasteiger partial charge in [-0.3, -0.25) is 0 Å². The van der Waals surface area contributed by atoms with Gasteiger partial charge in [-0.1, -0.05) is 6.08 Å². The predicted molar refractivity (Wildman–Crippen MR) is 51.6 cm³/mol. The number of hydrogen-bond acceptors (Lipinski definition) is 4. The first kappa shape index (κ1) is 11.2. The third-order valence-corrected chi connectivity index (χ3v) is 1.74. The summed E-state index contributed by atoms with van der Waals surface area (Å²) >= 11 is 0. The van der Waals surface area contributed by atoms with E-state index in [2.05, 4.69) is 0 Å². The van der Waals surface area contributed by atoms with Crippen LogP contribution in [0.1, 0.15) is 6.42 Å². The summed E-state index contributed by atoms with van der Waals surface area (Å²) in [4.78, 5) is 0. The number of hydrogen-bond donors (Lipinski definition) is 0. The van der Waals surface area contributed by atoms with Crippen molar-refractivity contribution in [2.24, 2.45) is 0 Å². The quantitative estimate of drug-likeness (QED) is 0.608. The highest BCUT2D eigenvalue weighted by molar-refractivity contribution is 5.19. The molecule has 0 N–H and O–H groups in total. The Hall–Kier alpha value is -0.840. The van der Waals surface area contributed by atoms with Crippen molar-refractivity contribution in [2.45, 2.75) is 12.5 Å². The zero-order chi connectivity index (χ0) is 10.2. The van der Waals surface area contributed by atoms with Crippen molar-refractivity contribution in [2.75, 3.05) is 27.8 Å². The summed E-state index contributed by atoms with van der Waals surface area (Å²) in [6.45, 7) is 0.555. The van der Waals surface area contributed by atoms with Crippen LogP contribution >= 0.6 is 0 Å². The number of allylic oxidation sites excluding steroid dienone is 1. The van der Waals surface area contributed by atoms with E-state index in [1.165, 1.54) is 0 Å².